The third kappa shape index (κ3) is 24.8. The molecule has 8 aromatic rings. The molecule has 0 bridgehead atoms. The van der Waals surface area contributed by atoms with E-state index in [9.17, 15) is 52.7 Å². The van der Waals surface area contributed by atoms with Crippen molar-refractivity contribution in [2.45, 2.75) is 236 Å². The zero-order valence-electron chi connectivity index (χ0n) is 81.9. The van der Waals surface area contributed by atoms with Crippen LogP contribution in [0.1, 0.15) is 221 Å². The number of hydrogen-bond acceptors (Lipinski definition) is 19. The number of rotatable bonds is 24. The third-order valence-electron chi connectivity index (χ3n) is 24.3. The maximum absolute atomic E-state index is 14.5. The van der Waals surface area contributed by atoms with E-state index in [-0.39, 0.29) is 124 Å². The summed E-state index contributed by atoms with van der Waals surface area (Å²) in [5.74, 6) is -0.514. The van der Waals surface area contributed by atoms with Gasteiger partial charge in [0.25, 0.3) is 29.5 Å². The highest BCUT2D eigenvalue weighted by Crippen LogP contribution is 2.48. The summed E-state index contributed by atoms with van der Waals surface area (Å²) < 4.78 is 46.2. The quantitative estimate of drug-likeness (QED) is 0.0374. The van der Waals surface area contributed by atoms with E-state index in [1.807, 2.05) is 259 Å². The molecule has 2 fully saturated rings. The maximum atomic E-state index is 14.5. The van der Waals surface area contributed by atoms with Crippen molar-refractivity contribution in [2.24, 2.45) is 0 Å². The molecule has 5 aliphatic rings. The lowest BCUT2D eigenvalue weighted by Crippen LogP contribution is -2.55. The number of carbonyl (C=O) groups is 11. The van der Waals surface area contributed by atoms with Gasteiger partial charge in [-0.3, -0.25) is 28.8 Å². The van der Waals surface area contributed by atoms with E-state index in [0.717, 1.165) is 64.6 Å². The van der Waals surface area contributed by atoms with Gasteiger partial charge < -0.3 is 88.1 Å². The molecule has 3 unspecified atom stereocenters. The molecular weight excluding hydrogens is 1720 g/mol. The average molecular weight is 1850 g/mol. The predicted octanol–water partition coefficient (Wildman–Crippen LogP) is 17.5. The largest absolute Gasteiger partial charge is 0.471 e. The Kier molecular flexibility index (Phi) is 33.0. The summed E-state index contributed by atoms with van der Waals surface area (Å²) in [6.45, 7) is 40.4. The normalized spacial score (nSPS) is 18.5. The molecule has 13 rings (SSSR count). The molecule has 10 amide bonds. The third-order valence-corrected chi connectivity index (χ3v) is 24.3. The van der Waals surface area contributed by atoms with Gasteiger partial charge in [-0.1, -0.05) is 157 Å². The number of alkyl carbamates (subject to hydrolysis) is 2. The van der Waals surface area contributed by atoms with Crippen LogP contribution in [-0.2, 0) is 72.9 Å². The molecule has 3 N–H and O–H groups in total. The molecule has 0 aromatic heterocycles. The number of ether oxygens (including phenoxy) is 8. The van der Waals surface area contributed by atoms with Gasteiger partial charge in [0.15, 0.2) is 0 Å². The van der Waals surface area contributed by atoms with Gasteiger partial charge in [0.1, 0.15) is 41.7 Å². The number of aryl methyl sites for hydroxylation is 6. The lowest BCUT2D eigenvalue weighted by Gasteiger charge is -2.43. The number of nitrogens with one attached hydrogen (secondary N) is 3. The molecule has 0 aliphatic carbocycles. The molecule has 5 aliphatic heterocycles. The SMILES string of the molecule is CCC(=O)NCCN1C(=O)C(C)(c2cccc(C)c2)Oc2cc(C)c(C(=O)N(C(C)C)[C@@H]3CCCN(C(=O)OC(C)(C)C)C3)cc21.COC(=O)c1cc2c(cc1C)OC(C)(c1cccc(C)c1)C(=O)N2CCNC(=O)OCc1ccccc1.Cc1cccc(C2(C)Oc3cc(C)c(C(=O)N(C(C)C)[C@@H]4CCCN(C(=O)OC(C)(C)C)C4)cc3N(CCNC(=O)OCc3ccccc3)C2=O)c1. The second-order valence-electron chi connectivity index (χ2n) is 38.0. The molecule has 0 saturated carbocycles. The summed E-state index contributed by atoms with van der Waals surface area (Å²) in [6.07, 6.45) is 1.35. The van der Waals surface area contributed by atoms with Crippen LogP contribution in [-0.4, -0.2) is 193 Å². The van der Waals surface area contributed by atoms with Crippen LogP contribution in [0.5, 0.6) is 17.2 Å². The van der Waals surface area contributed by atoms with Crippen molar-refractivity contribution in [3.8, 4) is 17.2 Å². The fourth-order valence-corrected chi connectivity index (χ4v) is 17.4. The zero-order valence-corrected chi connectivity index (χ0v) is 81.9. The maximum Gasteiger partial charge on any atom is 0.410 e. The molecule has 29 nitrogen and oxygen atoms in total. The molecule has 0 radical (unpaired) electrons. The first kappa shape index (κ1) is 102. The summed E-state index contributed by atoms with van der Waals surface area (Å²) >= 11 is 0. The van der Waals surface area contributed by atoms with E-state index in [1.165, 1.54) is 12.0 Å². The highest BCUT2D eigenvalue weighted by Gasteiger charge is 2.51. The van der Waals surface area contributed by atoms with Crippen molar-refractivity contribution in [1.82, 2.24) is 35.6 Å². The van der Waals surface area contributed by atoms with E-state index in [0.29, 0.717) is 106 Å². The molecule has 135 heavy (non-hydrogen) atoms. The Morgan fingerprint density at radius 2 is 0.770 bits per heavy atom. The van der Waals surface area contributed by atoms with E-state index < -0.39 is 46.2 Å². The molecule has 29 heteroatoms. The van der Waals surface area contributed by atoms with E-state index >= 15 is 0 Å². The minimum absolute atomic E-state index is 0.0978. The highest BCUT2D eigenvalue weighted by atomic mass is 16.6. The number of nitrogens with zero attached hydrogens (tertiary/aromatic N) is 7. The summed E-state index contributed by atoms with van der Waals surface area (Å²) in [5, 5.41) is 8.33. The van der Waals surface area contributed by atoms with Crippen molar-refractivity contribution >= 4 is 82.8 Å². The molecule has 5 heterocycles. The van der Waals surface area contributed by atoms with Crippen LogP contribution in [0.15, 0.2) is 170 Å². The molecule has 720 valence electrons. The second kappa shape index (κ2) is 43.7. The first-order chi connectivity index (χ1) is 63.8. The number of fused-ring (bicyclic) bond motifs is 3. The van der Waals surface area contributed by atoms with Gasteiger partial charge in [-0.2, -0.15) is 0 Å². The molecule has 5 atom stereocenters. The average Bonchev–Trinajstić information content (AvgIpc) is 0.742. The number of benzene rings is 8. The van der Waals surface area contributed by atoms with Crippen LogP contribution < -0.4 is 44.9 Å². The van der Waals surface area contributed by atoms with Gasteiger partial charge in [-0.25, -0.2) is 24.0 Å². The minimum atomic E-state index is -1.36. The van der Waals surface area contributed by atoms with Gasteiger partial charge in [-0.15, -0.1) is 0 Å². The van der Waals surface area contributed by atoms with Crippen molar-refractivity contribution < 1.29 is 90.6 Å². The van der Waals surface area contributed by atoms with E-state index in [2.05, 4.69) is 16.0 Å². The van der Waals surface area contributed by atoms with E-state index in [1.54, 1.807) is 78.5 Å². The van der Waals surface area contributed by atoms with E-state index in [4.69, 9.17) is 37.9 Å². The number of esters is 1. The van der Waals surface area contributed by atoms with Gasteiger partial charge in [0, 0.05) is 112 Å². The fourth-order valence-electron chi connectivity index (χ4n) is 17.4. The molecule has 0 spiro atoms. The molecule has 2 saturated heterocycles. The van der Waals surface area contributed by atoms with Crippen LogP contribution in [0.4, 0.5) is 36.2 Å². The number of anilines is 3. The molecule has 8 aromatic carbocycles. The first-order valence-corrected chi connectivity index (χ1v) is 46.4. The minimum Gasteiger partial charge on any atom is -0.471 e. The van der Waals surface area contributed by atoms with Crippen LogP contribution in [0.25, 0.3) is 0 Å². The Morgan fingerprint density at radius 3 is 1.08 bits per heavy atom. The number of methoxy groups -OCH3 is 1. The van der Waals surface area contributed by atoms with Crippen molar-refractivity contribution in [2.75, 3.05) is 87.3 Å². The predicted molar refractivity (Wildman–Crippen MR) is 516 cm³/mol. The van der Waals surface area contributed by atoms with Crippen molar-refractivity contribution in [1.29, 1.82) is 0 Å². The second-order valence-corrected chi connectivity index (χ2v) is 38.0. The number of amides is 10. The van der Waals surface area contributed by atoms with Crippen LogP contribution >= 0.6 is 0 Å². The number of likely N-dealkylation sites (tertiary alicyclic amines) is 2. The van der Waals surface area contributed by atoms with Gasteiger partial charge in [-0.05, 0) is 221 Å². The van der Waals surface area contributed by atoms with Crippen LogP contribution in [0, 0.1) is 41.5 Å². The smallest absolute Gasteiger partial charge is 0.410 e. The monoisotopic (exact) mass is 1850 g/mol. The highest BCUT2D eigenvalue weighted by molar-refractivity contribution is 6.08. The standard InChI is InChI=1S/C41H52N4O7.C36H50N4O6.C29H30N2O6/c1-27(2)45(32-18-13-20-43(25-32)39(49)52-40(5,6)7)36(46)33-24-34-35(23-29(33)4)51-41(8,31-17-12-14-28(3)22-31)37(47)44(34)21-19-42-38(48)50-26-30-15-10-9-11-16-30;1-10-31(41)37-16-18-39-29-21-28(25(5)20-30(29)45-36(9,33(39)43)26-14-11-13-24(4)19-26)32(42)40(23(2)3)27-15-12-17-38(22-27)34(44)46-35(6,7)8;1-19-9-8-12-22(15-19)29(3)27(33)31(14-13-30-28(34)36-18-21-10-6-5-7-11-21)24-17-23(26(32)35-4)20(2)16-25(24)37-29/h9-12,14-17,22-24,27,32H,13,18-21,25-26H2,1-8H3,(H,42,48);11,13-14,19-21,23,27H,10,12,15-18,22H2,1-9H3,(H,37,41);5-12,15-17H,13-14,18H2,1-4H3,(H,30,34)/t32-,41?;27-,36?;/m11./s1. The summed E-state index contributed by atoms with van der Waals surface area (Å²) in [4.78, 5) is 159. The van der Waals surface area contributed by atoms with Crippen LogP contribution in [0.2, 0.25) is 0 Å². The van der Waals surface area contributed by atoms with Gasteiger partial charge in [0.2, 0.25) is 22.7 Å². The summed E-state index contributed by atoms with van der Waals surface area (Å²) in [7, 11) is 1.31. The Morgan fingerprint density at radius 1 is 0.444 bits per heavy atom. The Labute approximate surface area is 793 Å². The number of carbonyl (C=O) groups excluding carboxylic acids is 11. The van der Waals surface area contributed by atoms with Crippen molar-refractivity contribution in [3.05, 3.63) is 248 Å². The molecular formula is C106H132N10O19. The van der Waals surface area contributed by atoms with Gasteiger partial charge >= 0.3 is 30.3 Å². The number of hydrogen-bond donors (Lipinski definition) is 3. The fraction of sp³-hybridized carbons (Fsp3) is 0.443. The van der Waals surface area contributed by atoms with Crippen LogP contribution in [0.3, 0.4) is 0 Å². The Bertz CT molecular complexity index is 5670. The zero-order chi connectivity index (χ0) is 98.3. The lowest BCUT2D eigenvalue weighted by atomic mass is 9.90. The Balaban J connectivity index is 0.000000197. The van der Waals surface area contributed by atoms with Crippen molar-refractivity contribution in [3.63, 3.8) is 0 Å². The summed E-state index contributed by atoms with van der Waals surface area (Å²) in [5.41, 5.74) is 6.26. The topological polar surface area (TPSA) is 320 Å². The first-order valence-electron chi connectivity index (χ1n) is 46.4. The Hall–Kier alpha value is -13.5. The van der Waals surface area contributed by atoms with Gasteiger partial charge in [0.05, 0.1) is 41.8 Å². The summed E-state index contributed by atoms with van der Waals surface area (Å²) in [6, 6.07) is 51.3. The lowest BCUT2D eigenvalue weighted by molar-refractivity contribution is -0.135. The number of piperidine rings is 2.